The molecule has 8 heteroatoms. The first-order valence-electron chi connectivity index (χ1n) is 7.74. The highest BCUT2D eigenvalue weighted by atomic mass is 32.2. The van der Waals surface area contributed by atoms with Crippen LogP contribution in [0.5, 0.6) is 5.75 Å². The number of nitrogens with one attached hydrogen (secondary N) is 1. The Morgan fingerprint density at radius 3 is 2.76 bits per heavy atom. The van der Waals surface area contributed by atoms with Crippen LogP contribution in [0.2, 0.25) is 0 Å². The van der Waals surface area contributed by atoms with E-state index in [-0.39, 0.29) is 22.8 Å². The van der Waals surface area contributed by atoms with Gasteiger partial charge < -0.3 is 9.52 Å². The molecule has 132 valence electrons. The van der Waals surface area contributed by atoms with Crippen LogP contribution in [0.3, 0.4) is 0 Å². The molecule has 0 aliphatic heterocycles. The van der Waals surface area contributed by atoms with Gasteiger partial charge >= 0.3 is 5.76 Å². The van der Waals surface area contributed by atoms with Crippen LogP contribution in [-0.4, -0.2) is 24.6 Å². The lowest BCUT2D eigenvalue weighted by Crippen LogP contribution is -2.25. The highest BCUT2D eigenvalue weighted by Gasteiger charge is 2.16. The van der Waals surface area contributed by atoms with E-state index in [0.717, 1.165) is 5.56 Å². The summed E-state index contributed by atoms with van der Waals surface area (Å²) in [4.78, 5) is 11.5. The minimum atomic E-state index is -3.69. The van der Waals surface area contributed by atoms with Gasteiger partial charge in [0.2, 0.25) is 10.0 Å². The molecule has 0 bridgehead atoms. The standard InChI is InChI=1S/C17H18N2O5S/c1-19-15-8-7-14(11-16(15)24-17(19)21)25(22,23)18-9-3-5-12-4-2-6-13(20)10-12/h2,4,6-8,10-11,18,20H,3,5,9H2,1H3. The number of rotatable bonds is 6. The highest BCUT2D eigenvalue weighted by molar-refractivity contribution is 7.89. The number of aromatic hydroxyl groups is 1. The summed E-state index contributed by atoms with van der Waals surface area (Å²) in [7, 11) is -2.13. The number of benzene rings is 2. The highest BCUT2D eigenvalue weighted by Crippen LogP contribution is 2.18. The molecule has 0 aliphatic carbocycles. The van der Waals surface area contributed by atoms with Crippen LogP contribution in [0, 0.1) is 0 Å². The molecule has 0 amide bonds. The third kappa shape index (κ3) is 3.75. The predicted molar refractivity (Wildman–Crippen MR) is 93.1 cm³/mol. The molecule has 3 rings (SSSR count). The third-order valence-electron chi connectivity index (χ3n) is 3.92. The van der Waals surface area contributed by atoms with E-state index in [1.54, 1.807) is 31.3 Å². The lowest BCUT2D eigenvalue weighted by Gasteiger charge is -2.07. The number of fused-ring (bicyclic) bond motifs is 1. The number of aryl methyl sites for hydroxylation is 2. The molecule has 0 aliphatic rings. The smallest absolute Gasteiger partial charge is 0.419 e. The minimum Gasteiger partial charge on any atom is -0.508 e. The van der Waals surface area contributed by atoms with Crippen LogP contribution >= 0.6 is 0 Å². The predicted octanol–water partition coefficient (Wildman–Crippen LogP) is 1.75. The van der Waals surface area contributed by atoms with Crippen molar-refractivity contribution in [3.8, 4) is 5.75 Å². The Labute approximate surface area is 144 Å². The molecule has 2 aromatic carbocycles. The molecular weight excluding hydrogens is 344 g/mol. The molecule has 0 atom stereocenters. The summed E-state index contributed by atoms with van der Waals surface area (Å²) < 4.78 is 33.6. The second kappa shape index (κ2) is 6.73. The van der Waals surface area contributed by atoms with Gasteiger partial charge in [-0.05, 0) is 42.7 Å². The molecule has 3 aromatic rings. The molecular formula is C17H18N2O5S. The summed E-state index contributed by atoms with van der Waals surface area (Å²) in [6.45, 7) is 0.259. The second-order valence-electron chi connectivity index (χ2n) is 5.73. The van der Waals surface area contributed by atoms with Crippen molar-refractivity contribution in [1.82, 2.24) is 9.29 Å². The fourth-order valence-corrected chi connectivity index (χ4v) is 3.66. The number of hydrogen-bond acceptors (Lipinski definition) is 5. The Morgan fingerprint density at radius 1 is 1.20 bits per heavy atom. The second-order valence-corrected chi connectivity index (χ2v) is 7.49. The van der Waals surface area contributed by atoms with E-state index >= 15 is 0 Å². The largest absolute Gasteiger partial charge is 0.508 e. The van der Waals surface area contributed by atoms with Crippen LogP contribution in [0.15, 0.2) is 56.6 Å². The fraction of sp³-hybridized carbons (Fsp3) is 0.235. The van der Waals surface area contributed by atoms with Gasteiger partial charge in [0.1, 0.15) is 5.75 Å². The van der Waals surface area contributed by atoms with Crippen LogP contribution in [-0.2, 0) is 23.5 Å². The number of nitrogens with zero attached hydrogens (tertiary/aromatic N) is 1. The van der Waals surface area contributed by atoms with Gasteiger partial charge in [0.15, 0.2) is 5.58 Å². The lowest BCUT2D eigenvalue weighted by molar-refractivity contribution is 0.474. The molecule has 1 aromatic heterocycles. The van der Waals surface area contributed by atoms with Crippen LogP contribution in [0.1, 0.15) is 12.0 Å². The van der Waals surface area contributed by atoms with Crippen LogP contribution < -0.4 is 10.5 Å². The van der Waals surface area contributed by atoms with Crippen LogP contribution in [0.25, 0.3) is 11.1 Å². The van der Waals surface area contributed by atoms with Crippen molar-refractivity contribution in [2.45, 2.75) is 17.7 Å². The van der Waals surface area contributed by atoms with E-state index in [9.17, 15) is 18.3 Å². The molecule has 0 saturated heterocycles. The summed E-state index contributed by atoms with van der Waals surface area (Å²) in [6, 6.07) is 11.2. The van der Waals surface area contributed by atoms with Gasteiger partial charge in [-0.1, -0.05) is 12.1 Å². The van der Waals surface area contributed by atoms with Crippen LogP contribution in [0.4, 0.5) is 0 Å². The molecule has 0 saturated carbocycles. The van der Waals surface area contributed by atoms with Crippen molar-refractivity contribution in [2.24, 2.45) is 7.05 Å². The monoisotopic (exact) mass is 362 g/mol. The average Bonchev–Trinajstić information content (AvgIpc) is 2.86. The van der Waals surface area contributed by atoms with Gasteiger partial charge in [0.25, 0.3) is 0 Å². The van der Waals surface area contributed by atoms with Crippen molar-refractivity contribution in [2.75, 3.05) is 6.54 Å². The van der Waals surface area contributed by atoms with Crippen molar-refractivity contribution in [3.05, 3.63) is 58.6 Å². The number of phenolic OH excluding ortho intramolecular Hbond substituents is 1. The summed E-state index contributed by atoms with van der Waals surface area (Å²) in [5.41, 5.74) is 1.70. The SMILES string of the molecule is Cn1c(=O)oc2cc(S(=O)(=O)NCCCc3cccc(O)c3)ccc21. The molecule has 2 N–H and O–H groups in total. The molecule has 0 unspecified atom stereocenters. The van der Waals surface area contributed by atoms with Gasteiger partial charge in [-0.2, -0.15) is 0 Å². The van der Waals surface area contributed by atoms with Gasteiger partial charge in [-0.3, -0.25) is 4.57 Å². The first-order valence-corrected chi connectivity index (χ1v) is 9.22. The zero-order valence-electron chi connectivity index (χ0n) is 13.6. The summed E-state index contributed by atoms with van der Waals surface area (Å²) >= 11 is 0. The third-order valence-corrected chi connectivity index (χ3v) is 5.38. The number of phenols is 1. The van der Waals surface area contributed by atoms with E-state index in [1.807, 2.05) is 6.07 Å². The Bertz CT molecular complexity index is 1070. The van der Waals surface area contributed by atoms with Crippen molar-refractivity contribution in [3.63, 3.8) is 0 Å². The number of oxazole rings is 1. The lowest BCUT2D eigenvalue weighted by atomic mass is 10.1. The summed E-state index contributed by atoms with van der Waals surface area (Å²) in [6.07, 6.45) is 1.23. The van der Waals surface area contributed by atoms with Crippen molar-refractivity contribution >= 4 is 21.1 Å². The fourth-order valence-electron chi connectivity index (χ4n) is 2.58. The maximum absolute atomic E-state index is 12.4. The van der Waals surface area contributed by atoms with E-state index in [1.165, 1.54) is 16.7 Å². The zero-order chi connectivity index (χ0) is 18.0. The Morgan fingerprint density at radius 2 is 2.00 bits per heavy atom. The van der Waals surface area contributed by atoms with Gasteiger partial charge in [0, 0.05) is 19.7 Å². The van der Waals surface area contributed by atoms with Crippen molar-refractivity contribution in [1.29, 1.82) is 0 Å². The van der Waals surface area contributed by atoms with Gasteiger partial charge in [-0.15, -0.1) is 0 Å². The molecule has 0 fully saturated rings. The van der Waals surface area contributed by atoms with E-state index < -0.39 is 15.8 Å². The molecule has 0 radical (unpaired) electrons. The molecule has 1 heterocycles. The first-order chi connectivity index (χ1) is 11.9. The summed E-state index contributed by atoms with van der Waals surface area (Å²) in [5.74, 6) is -0.348. The normalized spacial score (nSPS) is 11.9. The van der Waals surface area contributed by atoms with Crippen molar-refractivity contribution < 1.29 is 17.9 Å². The number of aromatic nitrogens is 1. The van der Waals surface area contributed by atoms with Gasteiger partial charge in [-0.25, -0.2) is 17.9 Å². The average molecular weight is 362 g/mol. The maximum atomic E-state index is 12.4. The number of sulfonamides is 1. The quantitative estimate of drug-likeness (QED) is 0.651. The van der Waals surface area contributed by atoms with E-state index in [0.29, 0.717) is 18.4 Å². The Hall–Kier alpha value is -2.58. The topological polar surface area (TPSA) is 102 Å². The Balaban J connectivity index is 1.66. The minimum absolute atomic E-state index is 0.0479. The molecule has 25 heavy (non-hydrogen) atoms. The van der Waals surface area contributed by atoms with E-state index in [4.69, 9.17) is 4.42 Å². The van der Waals surface area contributed by atoms with Gasteiger partial charge in [0.05, 0.1) is 10.4 Å². The summed E-state index contributed by atoms with van der Waals surface area (Å²) in [5, 5.41) is 9.41. The first kappa shape index (κ1) is 17.2. The number of hydrogen-bond donors (Lipinski definition) is 2. The molecule has 0 spiro atoms. The zero-order valence-corrected chi connectivity index (χ0v) is 14.4. The maximum Gasteiger partial charge on any atom is 0.419 e. The van der Waals surface area contributed by atoms with E-state index in [2.05, 4.69) is 4.72 Å². The molecule has 7 nitrogen and oxygen atoms in total. The Kier molecular flexibility index (Phi) is 4.65.